The molecule has 22 heavy (non-hydrogen) atoms. The van der Waals surface area contributed by atoms with Gasteiger partial charge < -0.3 is 14.8 Å². The number of methoxy groups -OCH3 is 1. The molecule has 0 saturated heterocycles. The van der Waals surface area contributed by atoms with E-state index in [4.69, 9.17) is 9.47 Å². The van der Waals surface area contributed by atoms with Crippen molar-refractivity contribution in [3.8, 4) is 11.5 Å². The van der Waals surface area contributed by atoms with Crippen LogP contribution in [0, 0.1) is 0 Å². The van der Waals surface area contributed by atoms with Crippen LogP contribution >= 0.6 is 0 Å². The average molecular weight is 297 g/mol. The lowest BCUT2D eigenvalue weighted by atomic mass is 10.2. The molecule has 0 amide bonds. The maximum absolute atomic E-state index is 5.59. The molecule has 0 saturated carbocycles. The van der Waals surface area contributed by atoms with Gasteiger partial charge in [-0.1, -0.05) is 30.8 Å². The first-order chi connectivity index (χ1) is 10.7. The third-order valence-electron chi connectivity index (χ3n) is 3.23. The van der Waals surface area contributed by atoms with Gasteiger partial charge in [0.1, 0.15) is 18.1 Å². The highest BCUT2D eigenvalue weighted by Gasteiger charge is 1.98. The van der Waals surface area contributed by atoms with Crippen LogP contribution in [0.15, 0.2) is 60.7 Å². The summed E-state index contributed by atoms with van der Waals surface area (Å²) in [4.78, 5) is 0. The molecular weight excluding hydrogens is 274 g/mol. The minimum absolute atomic E-state index is 0.565. The molecule has 0 bridgehead atoms. The van der Waals surface area contributed by atoms with E-state index in [1.165, 1.54) is 11.1 Å². The van der Waals surface area contributed by atoms with E-state index < -0.39 is 0 Å². The summed E-state index contributed by atoms with van der Waals surface area (Å²) in [5, 5.41) is 3.43. The monoisotopic (exact) mass is 297 g/mol. The van der Waals surface area contributed by atoms with Crippen LogP contribution in [0.1, 0.15) is 18.1 Å². The molecule has 0 radical (unpaired) electrons. The number of hydrogen-bond acceptors (Lipinski definition) is 3. The van der Waals surface area contributed by atoms with Gasteiger partial charge in [-0.25, -0.2) is 0 Å². The molecule has 2 rings (SSSR count). The third kappa shape index (κ3) is 5.26. The Bertz CT molecular complexity index is 588. The zero-order chi connectivity index (χ0) is 15.8. The molecule has 0 fully saturated rings. The lowest BCUT2D eigenvalue weighted by Crippen LogP contribution is -2.12. The van der Waals surface area contributed by atoms with Gasteiger partial charge in [0, 0.05) is 13.1 Å². The van der Waals surface area contributed by atoms with Crippen molar-refractivity contribution in [2.45, 2.75) is 20.0 Å². The third-order valence-corrected chi connectivity index (χ3v) is 3.23. The quantitative estimate of drug-likeness (QED) is 0.749. The summed E-state index contributed by atoms with van der Waals surface area (Å²) in [6.45, 7) is 8.00. The Morgan fingerprint density at radius 1 is 0.909 bits per heavy atom. The Labute approximate surface area is 132 Å². The molecule has 0 atom stereocenters. The summed E-state index contributed by atoms with van der Waals surface area (Å²) in [5.74, 6) is 1.76. The zero-order valence-corrected chi connectivity index (χ0v) is 13.3. The molecule has 0 unspecified atom stereocenters. The zero-order valence-electron chi connectivity index (χ0n) is 13.3. The van der Waals surface area contributed by atoms with E-state index in [1.807, 2.05) is 31.2 Å². The summed E-state index contributed by atoms with van der Waals surface area (Å²) in [5.41, 5.74) is 3.49. The largest absolute Gasteiger partial charge is 0.497 e. The van der Waals surface area contributed by atoms with Gasteiger partial charge in [0.15, 0.2) is 0 Å². The van der Waals surface area contributed by atoms with Gasteiger partial charge in [-0.2, -0.15) is 0 Å². The second-order valence-corrected chi connectivity index (χ2v) is 5.34. The molecule has 0 heterocycles. The fourth-order valence-electron chi connectivity index (χ4n) is 2.00. The van der Waals surface area contributed by atoms with Gasteiger partial charge in [0.2, 0.25) is 0 Å². The molecule has 0 aromatic heterocycles. The number of benzene rings is 2. The fourth-order valence-corrected chi connectivity index (χ4v) is 2.00. The van der Waals surface area contributed by atoms with Crippen molar-refractivity contribution in [2.24, 2.45) is 0 Å². The number of hydrogen-bond donors (Lipinski definition) is 1. The standard InChI is InChI=1S/C19H23NO2/c1-15(2)14-22-19-10-6-17(7-11-19)13-20-12-16-4-8-18(21-3)9-5-16/h4-11,20H,1,12-14H2,2-3H3. The molecule has 2 aromatic rings. The maximum atomic E-state index is 5.59. The van der Waals surface area contributed by atoms with Crippen LogP contribution in [-0.2, 0) is 13.1 Å². The summed E-state index contributed by atoms with van der Waals surface area (Å²) < 4.78 is 10.7. The van der Waals surface area contributed by atoms with Crippen molar-refractivity contribution in [1.29, 1.82) is 0 Å². The summed E-state index contributed by atoms with van der Waals surface area (Å²) in [7, 11) is 1.68. The van der Waals surface area contributed by atoms with E-state index in [9.17, 15) is 0 Å². The Balaban J connectivity index is 1.77. The predicted molar refractivity (Wildman–Crippen MR) is 90.3 cm³/mol. The van der Waals surface area contributed by atoms with E-state index in [0.717, 1.165) is 30.2 Å². The van der Waals surface area contributed by atoms with Gasteiger partial charge in [-0.15, -0.1) is 0 Å². The van der Waals surface area contributed by atoms with E-state index >= 15 is 0 Å². The molecule has 0 aliphatic heterocycles. The SMILES string of the molecule is C=C(C)COc1ccc(CNCc2ccc(OC)cc2)cc1. The fraction of sp³-hybridized carbons (Fsp3) is 0.263. The number of nitrogens with one attached hydrogen (secondary N) is 1. The molecule has 0 spiro atoms. The van der Waals surface area contributed by atoms with Gasteiger partial charge >= 0.3 is 0 Å². The summed E-state index contributed by atoms with van der Waals surface area (Å²) in [6, 6.07) is 16.2. The van der Waals surface area contributed by atoms with Gasteiger partial charge in [0.25, 0.3) is 0 Å². The Morgan fingerprint density at radius 3 is 1.86 bits per heavy atom. The first-order valence-corrected chi connectivity index (χ1v) is 7.37. The summed E-state index contributed by atoms with van der Waals surface area (Å²) >= 11 is 0. The molecule has 3 heteroatoms. The Morgan fingerprint density at radius 2 is 1.41 bits per heavy atom. The van der Waals surface area contributed by atoms with Crippen LogP contribution in [0.25, 0.3) is 0 Å². The van der Waals surface area contributed by atoms with Crippen LogP contribution in [0.2, 0.25) is 0 Å². The van der Waals surface area contributed by atoms with Gasteiger partial charge in [0.05, 0.1) is 7.11 Å². The highest BCUT2D eigenvalue weighted by molar-refractivity contribution is 5.28. The van der Waals surface area contributed by atoms with Crippen molar-refractivity contribution < 1.29 is 9.47 Å². The van der Waals surface area contributed by atoms with Crippen molar-refractivity contribution in [3.05, 3.63) is 71.8 Å². The Kier molecular flexibility index (Phi) is 6.04. The smallest absolute Gasteiger partial charge is 0.119 e. The van der Waals surface area contributed by atoms with Crippen molar-refractivity contribution in [2.75, 3.05) is 13.7 Å². The van der Waals surface area contributed by atoms with Crippen molar-refractivity contribution in [1.82, 2.24) is 5.32 Å². The highest BCUT2D eigenvalue weighted by Crippen LogP contribution is 2.14. The molecule has 116 valence electrons. The first-order valence-electron chi connectivity index (χ1n) is 7.37. The second kappa shape index (κ2) is 8.25. The molecule has 3 nitrogen and oxygen atoms in total. The van der Waals surface area contributed by atoms with E-state index in [1.54, 1.807) is 7.11 Å². The minimum atomic E-state index is 0.565. The van der Waals surface area contributed by atoms with Crippen molar-refractivity contribution in [3.63, 3.8) is 0 Å². The predicted octanol–water partition coefficient (Wildman–Crippen LogP) is 3.94. The van der Waals surface area contributed by atoms with E-state index in [2.05, 4.69) is 36.2 Å². The van der Waals surface area contributed by atoms with Gasteiger partial charge in [-0.3, -0.25) is 0 Å². The highest BCUT2D eigenvalue weighted by atomic mass is 16.5. The molecule has 2 aromatic carbocycles. The molecule has 0 aliphatic rings. The van der Waals surface area contributed by atoms with Crippen LogP contribution in [0.5, 0.6) is 11.5 Å². The van der Waals surface area contributed by atoms with Crippen LogP contribution in [0.3, 0.4) is 0 Å². The average Bonchev–Trinajstić information content (AvgIpc) is 2.55. The molecule has 0 aliphatic carbocycles. The van der Waals surface area contributed by atoms with Crippen molar-refractivity contribution >= 4 is 0 Å². The normalized spacial score (nSPS) is 10.3. The lowest BCUT2D eigenvalue weighted by molar-refractivity contribution is 0.352. The van der Waals surface area contributed by atoms with Crippen LogP contribution in [-0.4, -0.2) is 13.7 Å². The summed E-state index contributed by atoms with van der Waals surface area (Å²) in [6.07, 6.45) is 0. The first kappa shape index (κ1) is 16.1. The van der Waals surface area contributed by atoms with E-state index in [-0.39, 0.29) is 0 Å². The van der Waals surface area contributed by atoms with Crippen LogP contribution in [0.4, 0.5) is 0 Å². The number of rotatable bonds is 8. The van der Waals surface area contributed by atoms with E-state index in [0.29, 0.717) is 6.61 Å². The lowest BCUT2D eigenvalue weighted by Gasteiger charge is -2.08. The van der Waals surface area contributed by atoms with Gasteiger partial charge in [-0.05, 0) is 47.9 Å². The maximum Gasteiger partial charge on any atom is 0.119 e. The minimum Gasteiger partial charge on any atom is -0.497 e. The number of ether oxygens (including phenoxy) is 2. The second-order valence-electron chi connectivity index (χ2n) is 5.34. The molecular formula is C19H23NO2. The van der Waals surface area contributed by atoms with Crippen LogP contribution < -0.4 is 14.8 Å². The molecule has 1 N–H and O–H groups in total. The Hall–Kier alpha value is -2.26. The topological polar surface area (TPSA) is 30.5 Å².